The van der Waals surface area contributed by atoms with Crippen LogP contribution in [0.3, 0.4) is 0 Å². The van der Waals surface area contributed by atoms with E-state index in [2.05, 4.69) is 34.2 Å². The third-order valence-electron chi connectivity index (χ3n) is 4.16. The third kappa shape index (κ3) is 4.84. The van der Waals surface area contributed by atoms with E-state index in [-0.39, 0.29) is 5.91 Å². The lowest BCUT2D eigenvalue weighted by molar-refractivity contribution is -0.116. The lowest BCUT2D eigenvalue weighted by Gasteiger charge is -2.13. The molecule has 0 atom stereocenters. The predicted molar refractivity (Wildman–Crippen MR) is 103 cm³/mol. The van der Waals surface area contributed by atoms with Crippen LogP contribution in [0.2, 0.25) is 0 Å². The summed E-state index contributed by atoms with van der Waals surface area (Å²) in [6.07, 6.45) is 2.23. The second kappa shape index (κ2) is 8.34. The molecule has 0 spiro atoms. The number of hydrogen-bond acceptors (Lipinski definition) is 2. The fraction of sp³-hybridized carbons (Fsp3) is 0.350. The monoisotopic (exact) mass is 389 g/mol. The fourth-order valence-electron chi connectivity index (χ4n) is 2.82. The summed E-state index contributed by atoms with van der Waals surface area (Å²) in [4.78, 5) is 12.2. The van der Waals surface area contributed by atoms with Crippen molar-refractivity contribution in [3.63, 3.8) is 0 Å². The van der Waals surface area contributed by atoms with Gasteiger partial charge in [0.15, 0.2) is 0 Å². The summed E-state index contributed by atoms with van der Waals surface area (Å²) in [5.41, 5.74) is 5.53. The van der Waals surface area contributed by atoms with Gasteiger partial charge in [-0.1, -0.05) is 22.0 Å². The molecule has 0 radical (unpaired) electrons. The molecule has 0 bridgehead atoms. The Hall–Kier alpha value is -1.81. The van der Waals surface area contributed by atoms with Crippen molar-refractivity contribution in [3.8, 4) is 5.75 Å². The van der Waals surface area contributed by atoms with E-state index in [0.29, 0.717) is 6.42 Å². The van der Waals surface area contributed by atoms with Crippen LogP contribution in [0.15, 0.2) is 34.8 Å². The number of ether oxygens (including phenoxy) is 1. The summed E-state index contributed by atoms with van der Waals surface area (Å²) in [6.45, 7) is 6.09. The number of halogens is 1. The molecule has 2 rings (SSSR count). The van der Waals surface area contributed by atoms with E-state index in [4.69, 9.17) is 4.74 Å². The number of anilines is 1. The minimum absolute atomic E-state index is 0.0645. The van der Waals surface area contributed by atoms with Gasteiger partial charge in [-0.3, -0.25) is 4.79 Å². The summed E-state index contributed by atoms with van der Waals surface area (Å²) in [6, 6.07) is 10.1. The molecule has 2 aromatic carbocycles. The molecular formula is C20H24BrNO2. The molecule has 0 saturated heterocycles. The number of benzene rings is 2. The van der Waals surface area contributed by atoms with Crippen LogP contribution in [0.4, 0.5) is 5.69 Å². The number of nitrogens with one attached hydrogen (secondary N) is 1. The molecule has 1 amide bonds. The zero-order valence-corrected chi connectivity index (χ0v) is 16.3. The molecule has 0 aliphatic rings. The maximum absolute atomic E-state index is 12.2. The van der Waals surface area contributed by atoms with E-state index in [1.807, 2.05) is 38.1 Å². The van der Waals surface area contributed by atoms with Crippen LogP contribution in [-0.4, -0.2) is 13.0 Å². The molecule has 128 valence electrons. The van der Waals surface area contributed by atoms with Gasteiger partial charge in [-0.25, -0.2) is 0 Å². The topological polar surface area (TPSA) is 38.3 Å². The van der Waals surface area contributed by atoms with E-state index in [0.717, 1.165) is 39.9 Å². The largest absolute Gasteiger partial charge is 0.497 e. The van der Waals surface area contributed by atoms with Crippen molar-refractivity contribution in [2.24, 2.45) is 0 Å². The molecule has 3 nitrogen and oxygen atoms in total. The zero-order chi connectivity index (χ0) is 17.7. The molecular weight excluding hydrogens is 366 g/mol. The Kier molecular flexibility index (Phi) is 6.44. The lowest BCUT2D eigenvalue weighted by atomic mass is 10.0. The van der Waals surface area contributed by atoms with Gasteiger partial charge >= 0.3 is 0 Å². The van der Waals surface area contributed by atoms with Crippen molar-refractivity contribution in [1.82, 2.24) is 0 Å². The van der Waals surface area contributed by atoms with Crippen LogP contribution in [0.25, 0.3) is 0 Å². The molecule has 0 unspecified atom stereocenters. The van der Waals surface area contributed by atoms with Gasteiger partial charge in [-0.2, -0.15) is 0 Å². The van der Waals surface area contributed by atoms with Gasteiger partial charge in [0, 0.05) is 16.6 Å². The Bertz CT molecular complexity index is 717. The molecule has 0 heterocycles. The van der Waals surface area contributed by atoms with Gasteiger partial charge in [0.25, 0.3) is 0 Å². The first kappa shape index (κ1) is 18.5. The van der Waals surface area contributed by atoms with Gasteiger partial charge in [-0.15, -0.1) is 0 Å². The number of rotatable bonds is 6. The van der Waals surface area contributed by atoms with E-state index in [1.54, 1.807) is 7.11 Å². The quantitative estimate of drug-likeness (QED) is 0.723. The Balaban J connectivity index is 1.90. The Morgan fingerprint density at radius 3 is 2.33 bits per heavy atom. The maximum atomic E-state index is 12.2. The van der Waals surface area contributed by atoms with Gasteiger partial charge in [0.05, 0.1) is 7.11 Å². The Morgan fingerprint density at radius 1 is 1.08 bits per heavy atom. The van der Waals surface area contributed by atoms with Gasteiger partial charge in [-0.05, 0) is 80.1 Å². The van der Waals surface area contributed by atoms with Crippen LogP contribution in [0, 0.1) is 20.8 Å². The molecule has 0 aliphatic heterocycles. The fourth-order valence-corrected chi connectivity index (χ4v) is 3.51. The molecule has 2 aromatic rings. The molecule has 1 N–H and O–H groups in total. The molecule has 24 heavy (non-hydrogen) atoms. The van der Waals surface area contributed by atoms with Gasteiger partial charge in [0.1, 0.15) is 5.75 Å². The summed E-state index contributed by atoms with van der Waals surface area (Å²) in [7, 11) is 1.67. The first-order valence-electron chi connectivity index (χ1n) is 8.11. The van der Waals surface area contributed by atoms with Crippen molar-refractivity contribution < 1.29 is 9.53 Å². The number of amides is 1. The van der Waals surface area contributed by atoms with E-state index >= 15 is 0 Å². The predicted octanol–water partition coefficient (Wildman–Crippen LogP) is 5.34. The molecule has 0 fully saturated rings. The average molecular weight is 390 g/mol. The second-order valence-corrected chi connectivity index (χ2v) is 7.02. The van der Waals surface area contributed by atoms with Gasteiger partial charge in [0.2, 0.25) is 5.91 Å². The first-order valence-corrected chi connectivity index (χ1v) is 8.90. The number of carbonyl (C=O) groups is 1. The highest BCUT2D eigenvalue weighted by molar-refractivity contribution is 9.10. The van der Waals surface area contributed by atoms with Crippen molar-refractivity contribution >= 4 is 27.5 Å². The summed E-state index contributed by atoms with van der Waals surface area (Å²) in [5, 5.41) is 3.05. The summed E-state index contributed by atoms with van der Waals surface area (Å²) in [5.74, 6) is 0.935. The maximum Gasteiger partial charge on any atom is 0.224 e. The van der Waals surface area contributed by atoms with Crippen molar-refractivity contribution in [2.45, 2.75) is 40.0 Å². The standard InChI is InChI=1S/C20H24BrNO2/c1-13-12-18(24-4)9-8-16(13)6-5-7-19(23)22-20-14(2)10-17(21)11-15(20)3/h8-12H,5-7H2,1-4H3,(H,22,23). The molecule has 0 aromatic heterocycles. The number of aryl methyl sites for hydroxylation is 4. The lowest BCUT2D eigenvalue weighted by Crippen LogP contribution is -2.13. The van der Waals surface area contributed by atoms with Crippen LogP contribution in [0.5, 0.6) is 5.75 Å². The van der Waals surface area contributed by atoms with E-state index < -0.39 is 0 Å². The second-order valence-electron chi connectivity index (χ2n) is 6.11. The SMILES string of the molecule is COc1ccc(CCCC(=O)Nc2c(C)cc(Br)cc2C)c(C)c1. The Morgan fingerprint density at radius 2 is 1.75 bits per heavy atom. The molecule has 4 heteroatoms. The number of hydrogen-bond donors (Lipinski definition) is 1. The smallest absolute Gasteiger partial charge is 0.224 e. The minimum atomic E-state index is 0.0645. The zero-order valence-electron chi connectivity index (χ0n) is 14.7. The van der Waals surface area contributed by atoms with Crippen molar-refractivity contribution in [2.75, 3.05) is 12.4 Å². The number of carbonyl (C=O) groups excluding carboxylic acids is 1. The van der Waals surface area contributed by atoms with E-state index in [9.17, 15) is 4.79 Å². The first-order chi connectivity index (χ1) is 11.4. The van der Waals surface area contributed by atoms with Crippen LogP contribution in [-0.2, 0) is 11.2 Å². The summed E-state index contributed by atoms with van der Waals surface area (Å²) >= 11 is 3.48. The highest BCUT2D eigenvalue weighted by atomic mass is 79.9. The average Bonchev–Trinajstić information content (AvgIpc) is 2.52. The molecule has 0 saturated carbocycles. The van der Waals surface area contributed by atoms with Gasteiger partial charge < -0.3 is 10.1 Å². The van der Waals surface area contributed by atoms with Crippen molar-refractivity contribution in [1.29, 1.82) is 0 Å². The third-order valence-corrected chi connectivity index (χ3v) is 4.62. The molecule has 0 aliphatic carbocycles. The van der Waals surface area contributed by atoms with Crippen LogP contribution >= 0.6 is 15.9 Å². The summed E-state index contributed by atoms with van der Waals surface area (Å²) < 4.78 is 6.26. The van der Waals surface area contributed by atoms with Crippen LogP contribution < -0.4 is 10.1 Å². The Labute approximate surface area is 152 Å². The van der Waals surface area contributed by atoms with E-state index in [1.165, 1.54) is 11.1 Å². The highest BCUT2D eigenvalue weighted by Gasteiger charge is 2.09. The van der Waals surface area contributed by atoms with Crippen molar-refractivity contribution in [3.05, 3.63) is 57.1 Å². The normalized spacial score (nSPS) is 10.5. The van der Waals surface area contributed by atoms with Crippen LogP contribution in [0.1, 0.15) is 35.1 Å². The highest BCUT2D eigenvalue weighted by Crippen LogP contribution is 2.25. The minimum Gasteiger partial charge on any atom is -0.497 e. The number of methoxy groups -OCH3 is 1.